The van der Waals surface area contributed by atoms with Crippen molar-refractivity contribution in [1.29, 1.82) is 0 Å². The summed E-state index contributed by atoms with van der Waals surface area (Å²) in [7, 11) is 0. The topological polar surface area (TPSA) is 12.0 Å². The smallest absolute Gasteiger partial charge is 0.162 e. The Bertz CT molecular complexity index is 339. The van der Waals surface area contributed by atoms with Crippen molar-refractivity contribution < 1.29 is 8.78 Å². The van der Waals surface area contributed by atoms with Gasteiger partial charge in [-0.05, 0) is 43.9 Å². The maximum absolute atomic E-state index is 13.4. The van der Waals surface area contributed by atoms with E-state index >= 15 is 0 Å². The van der Waals surface area contributed by atoms with Gasteiger partial charge < -0.3 is 5.32 Å². The molecule has 1 unspecified atom stereocenters. The summed E-state index contributed by atoms with van der Waals surface area (Å²) in [6.45, 7) is 5.16. The first kappa shape index (κ1) is 14.1. The largest absolute Gasteiger partial charge is 0.314 e. The lowest BCUT2D eigenvalue weighted by Crippen LogP contribution is -2.28. The highest BCUT2D eigenvalue weighted by molar-refractivity contribution is 5.18. The lowest BCUT2D eigenvalue weighted by atomic mass is 10.0. The molecule has 1 rings (SSSR count). The van der Waals surface area contributed by atoms with Crippen LogP contribution < -0.4 is 5.32 Å². The van der Waals surface area contributed by atoms with Gasteiger partial charge in [0.05, 0.1) is 0 Å². The second-order valence-corrected chi connectivity index (χ2v) is 4.27. The van der Waals surface area contributed by atoms with E-state index in [2.05, 4.69) is 19.2 Å². The summed E-state index contributed by atoms with van der Waals surface area (Å²) in [5.41, 5.74) is 0.483. The lowest BCUT2D eigenvalue weighted by Gasteiger charge is -2.15. The second kappa shape index (κ2) is 7.38. The van der Waals surface area contributed by atoms with Gasteiger partial charge in [0.2, 0.25) is 0 Å². The average Bonchev–Trinajstić information content (AvgIpc) is 2.33. The van der Waals surface area contributed by atoms with Gasteiger partial charge in [0, 0.05) is 6.04 Å². The Morgan fingerprint density at radius 2 is 2.00 bits per heavy atom. The Morgan fingerprint density at radius 3 is 2.65 bits per heavy atom. The third-order valence-corrected chi connectivity index (χ3v) is 3.02. The molecule has 3 heteroatoms. The molecule has 0 aliphatic rings. The molecule has 0 amide bonds. The summed E-state index contributed by atoms with van der Waals surface area (Å²) in [6.07, 6.45) is 3.55. The van der Waals surface area contributed by atoms with Crippen molar-refractivity contribution in [3.8, 4) is 0 Å². The molecular weight excluding hydrogens is 220 g/mol. The van der Waals surface area contributed by atoms with Crippen LogP contribution in [0.25, 0.3) is 0 Å². The molecule has 0 heterocycles. The maximum atomic E-state index is 13.4. The zero-order chi connectivity index (χ0) is 12.7. The zero-order valence-corrected chi connectivity index (χ0v) is 10.6. The minimum absolute atomic E-state index is 0.483. The first-order chi connectivity index (χ1) is 8.19. The Morgan fingerprint density at radius 1 is 1.24 bits per heavy atom. The first-order valence-corrected chi connectivity index (χ1v) is 6.35. The summed E-state index contributed by atoms with van der Waals surface area (Å²) < 4.78 is 26.3. The summed E-state index contributed by atoms with van der Waals surface area (Å²) in [6, 6.07) is 4.87. The molecule has 0 bridgehead atoms. The summed E-state index contributed by atoms with van der Waals surface area (Å²) >= 11 is 0. The monoisotopic (exact) mass is 241 g/mol. The molecule has 0 fully saturated rings. The highest BCUT2D eigenvalue weighted by atomic mass is 19.2. The summed E-state index contributed by atoms with van der Waals surface area (Å²) in [5, 5.41) is 3.38. The molecule has 1 aromatic carbocycles. The number of nitrogens with one attached hydrogen (secondary N) is 1. The molecule has 0 aliphatic heterocycles. The van der Waals surface area contributed by atoms with E-state index in [1.165, 1.54) is 0 Å². The fourth-order valence-electron chi connectivity index (χ4n) is 2.02. The van der Waals surface area contributed by atoms with Crippen LogP contribution in [0.1, 0.15) is 38.7 Å². The molecular formula is C14H21F2N. The number of hydrogen-bond acceptors (Lipinski definition) is 1. The van der Waals surface area contributed by atoms with Gasteiger partial charge in [0.25, 0.3) is 0 Å². The van der Waals surface area contributed by atoms with Crippen LogP contribution in [-0.4, -0.2) is 12.6 Å². The van der Waals surface area contributed by atoms with Crippen molar-refractivity contribution in [1.82, 2.24) is 5.32 Å². The van der Waals surface area contributed by atoms with Gasteiger partial charge in [0.1, 0.15) is 0 Å². The van der Waals surface area contributed by atoms with Gasteiger partial charge in [-0.25, -0.2) is 8.78 Å². The number of aryl methyl sites for hydroxylation is 1. The van der Waals surface area contributed by atoms with Crippen LogP contribution in [0.5, 0.6) is 0 Å². The van der Waals surface area contributed by atoms with Crippen molar-refractivity contribution in [2.24, 2.45) is 0 Å². The second-order valence-electron chi connectivity index (χ2n) is 4.27. The van der Waals surface area contributed by atoms with E-state index in [0.29, 0.717) is 18.0 Å². The Balaban J connectivity index is 2.42. The van der Waals surface area contributed by atoms with Crippen molar-refractivity contribution in [2.75, 3.05) is 6.54 Å². The quantitative estimate of drug-likeness (QED) is 0.768. The summed E-state index contributed by atoms with van der Waals surface area (Å²) in [4.78, 5) is 0. The highest BCUT2D eigenvalue weighted by Gasteiger charge is 2.09. The van der Waals surface area contributed by atoms with Crippen molar-refractivity contribution in [3.63, 3.8) is 0 Å². The lowest BCUT2D eigenvalue weighted by molar-refractivity contribution is 0.459. The predicted molar refractivity (Wildman–Crippen MR) is 67.1 cm³/mol. The Labute approximate surface area is 102 Å². The van der Waals surface area contributed by atoms with Crippen LogP contribution in [0, 0.1) is 11.6 Å². The molecule has 1 nitrogen and oxygen atoms in total. The molecule has 0 aliphatic carbocycles. The summed E-state index contributed by atoms with van der Waals surface area (Å²) in [5.74, 6) is -1.44. The zero-order valence-electron chi connectivity index (χ0n) is 10.6. The van der Waals surface area contributed by atoms with Gasteiger partial charge >= 0.3 is 0 Å². The van der Waals surface area contributed by atoms with Crippen LogP contribution in [0.3, 0.4) is 0 Å². The van der Waals surface area contributed by atoms with Gasteiger partial charge in [-0.15, -0.1) is 0 Å². The van der Waals surface area contributed by atoms with Crippen molar-refractivity contribution in [2.45, 2.75) is 45.6 Å². The fraction of sp³-hybridized carbons (Fsp3) is 0.571. The number of rotatable bonds is 7. The minimum atomic E-state index is -0.749. The van der Waals surface area contributed by atoms with Crippen molar-refractivity contribution in [3.05, 3.63) is 35.4 Å². The Hall–Kier alpha value is -0.960. The standard InChI is InChI=1S/C14H21F2N/c1-3-12(17-4-2)9-5-7-11-8-6-10-13(15)14(11)16/h6,8,10,12,17H,3-5,7,9H2,1-2H3. The minimum Gasteiger partial charge on any atom is -0.314 e. The van der Waals surface area contributed by atoms with E-state index < -0.39 is 11.6 Å². The molecule has 96 valence electrons. The molecule has 0 aromatic heterocycles. The molecule has 0 radical (unpaired) electrons. The van der Waals surface area contributed by atoms with E-state index in [1.54, 1.807) is 12.1 Å². The number of benzene rings is 1. The molecule has 0 saturated carbocycles. The fourth-order valence-corrected chi connectivity index (χ4v) is 2.02. The average molecular weight is 241 g/mol. The number of halogens is 2. The van der Waals surface area contributed by atoms with Crippen LogP contribution in [-0.2, 0) is 6.42 Å². The van der Waals surface area contributed by atoms with Gasteiger partial charge in [-0.3, -0.25) is 0 Å². The van der Waals surface area contributed by atoms with Gasteiger partial charge in [-0.2, -0.15) is 0 Å². The molecule has 1 N–H and O–H groups in total. The third-order valence-electron chi connectivity index (χ3n) is 3.02. The maximum Gasteiger partial charge on any atom is 0.162 e. The van der Waals surface area contributed by atoms with E-state index in [9.17, 15) is 8.78 Å². The molecule has 17 heavy (non-hydrogen) atoms. The molecule has 0 spiro atoms. The van der Waals surface area contributed by atoms with Gasteiger partial charge in [-0.1, -0.05) is 26.0 Å². The Kier molecular flexibility index (Phi) is 6.12. The third kappa shape index (κ3) is 4.43. The molecule has 1 aromatic rings. The van der Waals surface area contributed by atoms with E-state index in [1.807, 2.05) is 0 Å². The van der Waals surface area contributed by atoms with Crippen LogP contribution in [0.15, 0.2) is 18.2 Å². The first-order valence-electron chi connectivity index (χ1n) is 6.35. The molecule has 1 atom stereocenters. The van der Waals surface area contributed by atoms with E-state index in [4.69, 9.17) is 0 Å². The van der Waals surface area contributed by atoms with E-state index in [0.717, 1.165) is 31.9 Å². The van der Waals surface area contributed by atoms with Gasteiger partial charge in [0.15, 0.2) is 11.6 Å². The highest BCUT2D eigenvalue weighted by Crippen LogP contribution is 2.15. The number of hydrogen-bond donors (Lipinski definition) is 1. The van der Waals surface area contributed by atoms with E-state index in [-0.39, 0.29) is 0 Å². The SMILES string of the molecule is CCNC(CC)CCCc1cccc(F)c1F. The predicted octanol–water partition coefficient (Wildman–Crippen LogP) is 3.68. The molecule has 0 saturated heterocycles. The normalized spacial score (nSPS) is 12.7. The van der Waals surface area contributed by atoms with Crippen molar-refractivity contribution >= 4 is 0 Å². The van der Waals surface area contributed by atoms with Crippen LogP contribution in [0.2, 0.25) is 0 Å². The van der Waals surface area contributed by atoms with Crippen LogP contribution >= 0.6 is 0 Å². The van der Waals surface area contributed by atoms with Crippen LogP contribution in [0.4, 0.5) is 8.78 Å².